The molecule has 1 aromatic heterocycles. The summed E-state index contributed by atoms with van der Waals surface area (Å²) in [5.74, 6) is 0.400. The highest BCUT2D eigenvalue weighted by atomic mass is 16.1. The minimum Gasteiger partial charge on any atom is -0.366 e. The maximum Gasteiger partial charge on any atom is 0.250 e. The Labute approximate surface area is 102 Å². The van der Waals surface area contributed by atoms with Crippen molar-refractivity contribution in [1.29, 1.82) is 0 Å². The first-order valence-electron chi connectivity index (χ1n) is 5.82. The summed E-state index contributed by atoms with van der Waals surface area (Å²) in [5.41, 5.74) is 11.0. The van der Waals surface area contributed by atoms with Crippen LogP contribution in [-0.2, 0) is 0 Å². The van der Waals surface area contributed by atoms with Gasteiger partial charge in [0.1, 0.15) is 5.82 Å². The van der Waals surface area contributed by atoms with Crippen LogP contribution in [0.3, 0.4) is 0 Å². The molecule has 0 bridgehead atoms. The van der Waals surface area contributed by atoms with Crippen LogP contribution in [0.15, 0.2) is 18.3 Å². The Hall–Kier alpha value is -1.62. The lowest BCUT2D eigenvalue weighted by atomic mass is 10.2. The number of hydrogen-bond donors (Lipinski definition) is 2. The predicted octanol–water partition coefficient (Wildman–Crippen LogP) is 0.746. The number of pyridine rings is 1. The average molecular weight is 236 g/mol. The first-order chi connectivity index (χ1) is 8.15. The molecule has 0 aromatic carbocycles. The Morgan fingerprint density at radius 1 is 1.35 bits per heavy atom. The van der Waals surface area contributed by atoms with Crippen molar-refractivity contribution in [2.75, 3.05) is 25.0 Å². The summed E-state index contributed by atoms with van der Waals surface area (Å²) in [4.78, 5) is 17.1. The molecule has 1 heterocycles. The number of nitrogens with zero attached hydrogens (tertiary/aromatic N) is 2. The maximum absolute atomic E-state index is 10.9. The van der Waals surface area contributed by atoms with Crippen molar-refractivity contribution in [3.63, 3.8) is 0 Å². The van der Waals surface area contributed by atoms with Crippen LogP contribution in [0.25, 0.3) is 0 Å². The standard InChI is InChI=1S/C12H20N4O/c1-16(8-4-2-3-7-13)11-6-5-10(9-15-11)12(14)17/h5-6,9H,2-4,7-8,13H2,1H3,(H2,14,17). The molecule has 1 amide bonds. The van der Waals surface area contributed by atoms with Crippen molar-refractivity contribution in [3.05, 3.63) is 23.9 Å². The van der Waals surface area contributed by atoms with E-state index in [4.69, 9.17) is 11.5 Å². The van der Waals surface area contributed by atoms with E-state index in [0.29, 0.717) is 5.56 Å². The van der Waals surface area contributed by atoms with Gasteiger partial charge >= 0.3 is 0 Å². The van der Waals surface area contributed by atoms with E-state index >= 15 is 0 Å². The molecular formula is C12H20N4O. The second kappa shape index (κ2) is 6.85. The van der Waals surface area contributed by atoms with E-state index in [1.54, 1.807) is 6.07 Å². The van der Waals surface area contributed by atoms with Gasteiger partial charge in [-0.25, -0.2) is 4.98 Å². The Kier molecular flexibility index (Phi) is 5.42. The van der Waals surface area contributed by atoms with Crippen molar-refractivity contribution in [2.24, 2.45) is 11.5 Å². The van der Waals surface area contributed by atoms with E-state index in [1.807, 2.05) is 13.1 Å². The highest BCUT2D eigenvalue weighted by Gasteiger charge is 2.04. The fourth-order valence-corrected chi connectivity index (χ4v) is 1.54. The Balaban J connectivity index is 2.46. The van der Waals surface area contributed by atoms with Gasteiger partial charge < -0.3 is 16.4 Å². The van der Waals surface area contributed by atoms with Crippen LogP contribution in [0.5, 0.6) is 0 Å². The largest absolute Gasteiger partial charge is 0.366 e. The molecule has 5 heteroatoms. The normalized spacial score (nSPS) is 10.2. The molecule has 0 saturated carbocycles. The van der Waals surface area contributed by atoms with Gasteiger partial charge in [0.05, 0.1) is 5.56 Å². The lowest BCUT2D eigenvalue weighted by Gasteiger charge is -2.17. The predicted molar refractivity (Wildman–Crippen MR) is 68.9 cm³/mol. The average Bonchev–Trinajstić information content (AvgIpc) is 2.34. The third-order valence-electron chi connectivity index (χ3n) is 2.62. The van der Waals surface area contributed by atoms with Crippen LogP contribution in [0.1, 0.15) is 29.6 Å². The van der Waals surface area contributed by atoms with Crippen LogP contribution in [0.4, 0.5) is 5.82 Å². The number of primary amides is 1. The van der Waals surface area contributed by atoms with E-state index in [-0.39, 0.29) is 0 Å². The molecule has 5 nitrogen and oxygen atoms in total. The zero-order valence-electron chi connectivity index (χ0n) is 10.2. The van der Waals surface area contributed by atoms with Gasteiger partial charge in [-0.05, 0) is 31.5 Å². The van der Waals surface area contributed by atoms with Gasteiger partial charge in [-0.15, -0.1) is 0 Å². The minimum absolute atomic E-state index is 0.435. The van der Waals surface area contributed by atoms with Crippen molar-refractivity contribution in [1.82, 2.24) is 4.98 Å². The molecule has 94 valence electrons. The van der Waals surface area contributed by atoms with E-state index in [2.05, 4.69) is 9.88 Å². The number of unbranched alkanes of at least 4 members (excludes halogenated alkanes) is 2. The molecule has 0 atom stereocenters. The first-order valence-corrected chi connectivity index (χ1v) is 5.82. The maximum atomic E-state index is 10.9. The zero-order valence-corrected chi connectivity index (χ0v) is 10.2. The van der Waals surface area contributed by atoms with Crippen molar-refractivity contribution >= 4 is 11.7 Å². The fourth-order valence-electron chi connectivity index (χ4n) is 1.54. The van der Waals surface area contributed by atoms with Crippen LogP contribution in [0, 0.1) is 0 Å². The molecule has 17 heavy (non-hydrogen) atoms. The van der Waals surface area contributed by atoms with Crippen LogP contribution in [0.2, 0.25) is 0 Å². The lowest BCUT2D eigenvalue weighted by Crippen LogP contribution is -2.20. The molecule has 0 unspecified atom stereocenters. The summed E-state index contributed by atoms with van der Waals surface area (Å²) in [5, 5.41) is 0. The summed E-state index contributed by atoms with van der Waals surface area (Å²) >= 11 is 0. The van der Waals surface area contributed by atoms with Crippen molar-refractivity contribution in [2.45, 2.75) is 19.3 Å². The van der Waals surface area contributed by atoms with Crippen LogP contribution in [-0.4, -0.2) is 31.0 Å². The topological polar surface area (TPSA) is 85.2 Å². The van der Waals surface area contributed by atoms with Crippen molar-refractivity contribution < 1.29 is 4.79 Å². The Bertz CT molecular complexity index is 350. The lowest BCUT2D eigenvalue weighted by molar-refractivity contribution is 0.1000. The molecule has 0 aliphatic rings. The molecule has 0 aliphatic heterocycles. The van der Waals surface area contributed by atoms with Gasteiger partial charge in [0.15, 0.2) is 0 Å². The summed E-state index contributed by atoms with van der Waals surface area (Å²) in [6.07, 6.45) is 4.78. The van der Waals surface area contributed by atoms with E-state index < -0.39 is 5.91 Å². The molecule has 0 fully saturated rings. The molecule has 0 saturated heterocycles. The molecule has 4 N–H and O–H groups in total. The van der Waals surface area contributed by atoms with E-state index in [0.717, 1.165) is 38.2 Å². The number of rotatable bonds is 7. The summed E-state index contributed by atoms with van der Waals surface area (Å²) in [7, 11) is 1.98. The first kappa shape index (κ1) is 13.4. The Morgan fingerprint density at radius 3 is 2.65 bits per heavy atom. The number of anilines is 1. The van der Waals surface area contributed by atoms with Gasteiger partial charge in [-0.1, -0.05) is 6.42 Å². The number of aromatic nitrogens is 1. The molecule has 1 rings (SSSR count). The molecule has 0 spiro atoms. The summed E-state index contributed by atoms with van der Waals surface area (Å²) in [6, 6.07) is 3.50. The number of amides is 1. The van der Waals surface area contributed by atoms with Crippen LogP contribution >= 0.6 is 0 Å². The monoisotopic (exact) mass is 236 g/mol. The molecule has 0 aliphatic carbocycles. The van der Waals surface area contributed by atoms with Gasteiger partial charge in [0.25, 0.3) is 0 Å². The van der Waals surface area contributed by atoms with Gasteiger partial charge in [-0.2, -0.15) is 0 Å². The fraction of sp³-hybridized carbons (Fsp3) is 0.500. The van der Waals surface area contributed by atoms with E-state index in [9.17, 15) is 4.79 Å². The highest BCUT2D eigenvalue weighted by Crippen LogP contribution is 2.10. The Morgan fingerprint density at radius 2 is 2.12 bits per heavy atom. The second-order valence-corrected chi connectivity index (χ2v) is 4.04. The smallest absolute Gasteiger partial charge is 0.250 e. The number of nitrogens with two attached hydrogens (primary N) is 2. The zero-order chi connectivity index (χ0) is 12.7. The van der Waals surface area contributed by atoms with E-state index in [1.165, 1.54) is 6.20 Å². The van der Waals surface area contributed by atoms with Gasteiger partial charge in [0, 0.05) is 19.8 Å². The van der Waals surface area contributed by atoms with Gasteiger partial charge in [0.2, 0.25) is 5.91 Å². The molecule has 0 radical (unpaired) electrons. The summed E-state index contributed by atoms with van der Waals surface area (Å²) in [6.45, 7) is 1.68. The second-order valence-electron chi connectivity index (χ2n) is 4.04. The number of carbonyl (C=O) groups is 1. The SMILES string of the molecule is CN(CCCCCN)c1ccc(C(N)=O)cn1. The third kappa shape index (κ3) is 4.40. The summed E-state index contributed by atoms with van der Waals surface area (Å²) < 4.78 is 0. The van der Waals surface area contributed by atoms with Gasteiger partial charge in [-0.3, -0.25) is 4.79 Å². The molecular weight excluding hydrogens is 216 g/mol. The number of hydrogen-bond acceptors (Lipinski definition) is 4. The van der Waals surface area contributed by atoms with Crippen molar-refractivity contribution in [3.8, 4) is 0 Å². The number of carbonyl (C=O) groups excluding carboxylic acids is 1. The quantitative estimate of drug-likeness (QED) is 0.684. The molecule has 1 aromatic rings. The van der Waals surface area contributed by atoms with Crippen LogP contribution < -0.4 is 16.4 Å². The minimum atomic E-state index is -0.449. The third-order valence-corrected chi connectivity index (χ3v) is 2.62. The highest BCUT2D eigenvalue weighted by molar-refractivity contribution is 5.92.